The number of hydrogen-bond donors (Lipinski definition) is 4. The van der Waals surface area contributed by atoms with Gasteiger partial charge in [0, 0.05) is 0 Å². The van der Waals surface area contributed by atoms with E-state index in [2.05, 4.69) is 25.9 Å². The summed E-state index contributed by atoms with van der Waals surface area (Å²) in [5, 5.41) is 8.35. The summed E-state index contributed by atoms with van der Waals surface area (Å²) in [7, 11) is 0. The van der Waals surface area contributed by atoms with Crippen LogP contribution in [-0.4, -0.2) is 45.7 Å². The van der Waals surface area contributed by atoms with Crippen LogP contribution in [0.1, 0.15) is 35.1 Å². The van der Waals surface area contributed by atoms with Crippen LogP contribution in [0.4, 0.5) is 5.69 Å². The van der Waals surface area contributed by atoms with Crippen LogP contribution in [0.3, 0.4) is 0 Å². The molecule has 160 valence electrons. The second-order valence-corrected chi connectivity index (χ2v) is 8.29. The minimum atomic E-state index is -0.961. The first-order valence-electron chi connectivity index (χ1n) is 9.99. The van der Waals surface area contributed by atoms with E-state index in [1.165, 1.54) is 0 Å². The van der Waals surface area contributed by atoms with E-state index in [9.17, 15) is 14.4 Å². The Bertz CT molecular complexity index is 1100. The summed E-state index contributed by atoms with van der Waals surface area (Å²) in [6.45, 7) is 0. The normalized spacial score (nSPS) is 16.7. The lowest BCUT2D eigenvalue weighted by atomic mass is 10.1. The minimum absolute atomic E-state index is 0.165. The molecule has 0 saturated heterocycles. The largest absolute Gasteiger partial charge is 0.346 e. The van der Waals surface area contributed by atoms with Gasteiger partial charge in [0.2, 0.25) is 11.8 Å². The third-order valence-electron chi connectivity index (χ3n) is 5.12. The van der Waals surface area contributed by atoms with Crippen molar-refractivity contribution in [1.82, 2.24) is 20.6 Å². The lowest BCUT2D eigenvalue weighted by Gasteiger charge is -2.19. The number of amides is 3. The maximum Gasteiger partial charge on any atom is 0.254 e. The predicted molar refractivity (Wildman–Crippen MR) is 121 cm³/mol. The van der Waals surface area contributed by atoms with Crippen LogP contribution in [0.25, 0.3) is 11.0 Å². The van der Waals surface area contributed by atoms with E-state index in [-0.39, 0.29) is 24.3 Å². The molecular weight excluding hydrogens is 414 g/mol. The van der Waals surface area contributed by atoms with Gasteiger partial charge in [-0.2, -0.15) is 11.8 Å². The Labute approximate surface area is 183 Å². The molecule has 2 aromatic carbocycles. The van der Waals surface area contributed by atoms with Gasteiger partial charge in [-0.05, 0) is 42.7 Å². The van der Waals surface area contributed by atoms with Crippen molar-refractivity contribution in [3.63, 3.8) is 0 Å². The summed E-state index contributed by atoms with van der Waals surface area (Å²) in [5.41, 5.74) is 2.54. The number of imidazole rings is 1. The van der Waals surface area contributed by atoms with Crippen molar-refractivity contribution in [3.05, 3.63) is 59.9 Å². The third kappa shape index (κ3) is 4.72. The fourth-order valence-electron chi connectivity index (χ4n) is 3.54. The molecule has 9 heteroatoms. The van der Waals surface area contributed by atoms with E-state index < -0.39 is 11.9 Å². The molecule has 1 aromatic heterocycles. The van der Waals surface area contributed by atoms with Crippen molar-refractivity contribution >= 4 is 46.2 Å². The molecule has 0 spiro atoms. The molecule has 0 saturated carbocycles. The van der Waals surface area contributed by atoms with Gasteiger partial charge in [-0.15, -0.1) is 0 Å². The van der Waals surface area contributed by atoms with Crippen molar-refractivity contribution in [2.45, 2.75) is 24.9 Å². The van der Waals surface area contributed by atoms with Crippen molar-refractivity contribution in [1.29, 1.82) is 0 Å². The van der Waals surface area contributed by atoms with Crippen LogP contribution in [0.2, 0.25) is 0 Å². The Morgan fingerprint density at radius 2 is 1.94 bits per heavy atom. The van der Waals surface area contributed by atoms with Gasteiger partial charge in [0.25, 0.3) is 5.91 Å². The Hall–Kier alpha value is -3.33. The topological polar surface area (TPSA) is 116 Å². The Morgan fingerprint density at radius 3 is 2.74 bits per heavy atom. The van der Waals surface area contributed by atoms with Gasteiger partial charge >= 0.3 is 0 Å². The number of nitrogens with one attached hydrogen (secondary N) is 4. The van der Waals surface area contributed by atoms with E-state index in [1.807, 2.05) is 30.5 Å². The number of thioether (sulfide) groups is 1. The molecule has 0 fully saturated rings. The van der Waals surface area contributed by atoms with E-state index in [4.69, 9.17) is 0 Å². The molecule has 1 aliphatic heterocycles. The summed E-state index contributed by atoms with van der Waals surface area (Å²) in [4.78, 5) is 45.7. The first kappa shape index (κ1) is 20.9. The molecule has 3 amide bonds. The van der Waals surface area contributed by atoms with E-state index in [1.54, 1.807) is 36.0 Å². The van der Waals surface area contributed by atoms with Gasteiger partial charge in [-0.3, -0.25) is 14.4 Å². The molecule has 0 radical (unpaired) electrons. The predicted octanol–water partition coefficient (Wildman–Crippen LogP) is 2.61. The van der Waals surface area contributed by atoms with Crippen LogP contribution in [-0.2, 0) is 9.59 Å². The fraction of sp³-hybridized carbons (Fsp3) is 0.273. The lowest BCUT2D eigenvalue weighted by Crippen LogP contribution is -2.45. The zero-order chi connectivity index (χ0) is 21.8. The highest BCUT2D eigenvalue weighted by Gasteiger charge is 2.30. The second kappa shape index (κ2) is 9.22. The smallest absolute Gasteiger partial charge is 0.254 e. The number of carbonyl (C=O) groups excluding carboxylic acids is 3. The van der Waals surface area contributed by atoms with Gasteiger partial charge in [0.15, 0.2) is 0 Å². The molecule has 0 bridgehead atoms. The molecule has 4 N–H and O–H groups in total. The fourth-order valence-corrected chi connectivity index (χ4v) is 4.02. The van der Waals surface area contributed by atoms with E-state index in [0.29, 0.717) is 23.5 Å². The van der Waals surface area contributed by atoms with Crippen LogP contribution in [0.5, 0.6) is 0 Å². The Morgan fingerprint density at radius 1 is 1.16 bits per heavy atom. The maximum absolute atomic E-state index is 12.8. The van der Waals surface area contributed by atoms with Crippen molar-refractivity contribution in [2.24, 2.45) is 0 Å². The van der Waals surface area contributed by atoms with Crippen LogP contribution in [0, 0.1) is 0 Å². The number of para-hydroxylation sites is 3. The molecule has 31 heavy (non-hydrogen) atoms. The van der Waals surface area contributed by atoms with Gasteiger partial charge in [0.1, 0.15) is 11.9 Å². The zero-order valence-corrected chi connectivity index (χ0v) is 17.8. The summed E-state index contributed by atoms with van der Waals surface area (Å²) in [6.07, 6.45) is 2.52. The number of aromatic nitrogens is 2. The van der Waals surface area contributed by atoms with Gasteiger partial charge in [0.05, 0.1) is 34.7 Å². The molecule has 0 aliphatic carbocycles. The number of benzene rings is 2. The van der Waals surface area contributed by atoms with Crippen molar-refractivity contribution < 1.29 is 14.4 Å². The Kier molecular flexibility index (Phi) is 6.22. The SMILES string of the molecule is CSCCC(NC(=O)CC1NC(=O)c2ccccc2NC1=O)c1nc2ccccc2[nH]1. The molecular formula is C22H23N5O3S. The summed E-state index contributed by atoms with van der Waals surface area (Å²) >= 11 is 1.68. The lowest BCUT2D eigenvalue weighted by molar-refractivity contribution is -0.126. The van der Waals surface area contributed by atoms with Crippen LogP contribution >= 0.6 is 11.8 Å². The highest BCUT2D eigenvalue weighted by atomic mass is 32.2. The maximum atomic E-state index is 12.8. The first-order valence-corrected chi connectivity index (χ1v) is 11.4. The summed E-state index contributed by atoms with van der Waals surface area (Å²) in [5.74, 6) is 0.363. The number of fused-ring (bicyclic) bond motifs is 2. The molecule has 2 unspecified atom stereocenters. The van der Waals surface area contributed by atoms with Crippen LogP contribution < -0.4 is 16.0 Å². The molecule has 3 aromatic rings. The van der Waals surface area contributed by atoms with Crippen molar-refractivity contribution in [2.75, 3.05) is 17.3 Å². The number of nitrogens with zero attached hydrogens (tertiary/aromatic N) is 1. The third-order valence-corrected chi connectivity index (χ3v) is 5.77. The zero-order valence-electron chi connectivity index (χ0n) is 17.0. The molecule has 2 atom stereocenters. The summed E-state index contributed by atoms with van der Waals surface area (Å²) < 4.78 is 0. The van der Waals surface area contributed by atoms with E-state index >= 15 is 0 Å². The van der Waals surface area contributed by atoms with Gasteiger partial charge in [-0.25, -0.2) is 4.98 Å². The average molecular weight is 438 g/mol. The number of rotatable bonds is 7. The van der Waals surface area contributed by atoms with Crippen LogP contribution in [0.15, 0.2) is 48.5 Å². The van der Waals surface area contributed by atoms with E-state index in [0.717, 1.165) is 16.8 Å². The monoisotopic (exact) mass is 437 g/mol. The number of aromatic amines is 1. The Balaban J connectivity index is 1.47. The average Bonchev–Trinajstić information content (AvgIpc) is 3.16. The summed E-state index contributed by atoms with van der Waals surface area (Å²) in [6, 6.07) is 13.1. The number of H-pyrrole nitrogens is 1. The highest BCUT2D eigenvalue weighted by Crippen LogP contribution is 2.21. The minimum Gasteiger partial charge on any atom is -0.346 e. The number of anilines is 1. The second-order valence-electron chi connectivity index (χ2n) is 7.31. The first-order chi connectivity index (χ1) is 15.0. The van der Waals surface area contributed by atoms with Gasteiger partial charge in [-0.1, -0.05) is 24.3 Å². The van der Waals surface area contributed by atoms with Crippen molar-refractivity contribution in [3.8, 4) is 0 Å². The number of carbonyl (C=O) groups is 3. The van der Waals surface area contributed by atoms with Gasteiger partial charge < -0.3 is 20.9 Å². The standard InChI is InChI=1S/C22H23N5O3S/c1-31-11-10-17(20-24-15-8-4-5-9-16(15)25-20)23-19(28)12-18-22(30)26-14-7-3-2-6-13(14)21(29)27-18/h2-9,17-18H,10-12H2,1H3,(H,23,28)(H,24,25)(H,26,30)(H,27,29). The number of hydrogen-bond acceptors (Lipinski definition) is 5. The molecule has 2 heterocycles. The quantitative estimate of drug-likeness (QED) is 0.453. The molecule has 8 nitrogen and oxygen atoms in total. The molecule has 4 rings (SSSR count). The highest BCUT2D eigenvalue weighted by molar-refractivity contribution is 7.98. The molecule has 1 aliphatic rings.